The van der Waals surface area contributed by atoms with E-state index in [4.69, 9.17) is 4.98 Å². The van der Waals surface area contributed by atoms with Crippen molar-refractivity contribution in [3.05, 3.63) is 55.0 Å². The number of nitrogens with zero attached hydrogens (tertiary/aromatic N) is 4. The van der Waals surface area contributed by atoms with Gasteiger partial charge < -0.3 is 10.6 Å². The Balaban J connectivity index is 1.72. The molecule has 25 heavy (non-hydrogen) atoms. The SMILES string of the molecule is c1ccc(-c2cc(NC3CCNCC3)nc(-c3cnccn3)n2)cc1. The van der Waals surface area contributed by atoms with Crippen LogP contribution in [0.5, 0.6) is 0 Å². The van der Waals surface area contributed by atoms with E-state index < -0.39 is 0 Å². The molecule has 1 aliphatic rings. The van der Waals surface area contributed by atoms with Gasteiger partial charge in [0.25, 0.3) is 0 Å². The molecule has 2 aromatic heterocycles. The number of nitrogens with one attached hydrogen (secondary N) is 2. The van der Waals surface area contributed by atoms with Crippen LogP contribution in [0.25, 0.3) is 22.8 Å². The van der Waals surface area contributed by atoms with Gasteiger partial charge in [-0.2, -0.15) is 0 Å². The predicted molar refractivity (Wildman–Crippen MR) is 98.0 cm³/mol. The van der Waals surface area contributed by atoms with Gasteiger partial charge in [0.2, 0.25) is 0 Å². The summed E-state index contributed by atoms with van der Waals surface area (Å²) in [7, 11) is 0. The highest BCUT2D eigenvalue weighted by Gasteiger charge is 2.15. The average Bonchev–Trinajstić information content (AvgIpc) is 2.70. The van der Waals surface area contributed by atoms with E-state index in [1.165, 1.54) is 0 Å². The van der Waals surface area contributed by atoms with E-state index in [2.05, 4.69) is 37.7 Å². The van der Waals surface area contributed by atoms with Crippen molar-refractivity contribution in [1.82, 2.24) is 25.3 Å². The maximum Gasteiger partial charge on any atom is 0.182 e. The largest absolute Gasteiger partial charge is 0.367 e. The first-order chi connectivity index (χ1) is 12.4. The summed E-state index contributed by atoms with van der Waals surface area (Å²) < 4.78 is 0. The van der Waals surface area contributed by atoms with Crippen LogP contribution in [0.4, 0.5) is 5.82 Å². The quantitative estimate of drug-likeness (QED) is 0.765. The summed E-state index contributed by atoms with van der Waals surface area (Å²) in [5, 5.41) is 6.95. The van der Waals surface area contributed by atoms with Crippen LogP contribution in [0.3, 0.4) is 0 Å². The maximum atomic E-state index is 4.70. The third-order valence-corrected chi connectivity index (χ3v) is 4.28. The lowest BCUT2D eigenvalue weighted by Gasteiger charge is -2.24. The number of benzene rings is 1. The monoisotopic (exact) mass is 332 g/mol. The van der Waals surface area contributed by atoms with Gasteiger partial charge in [0.15, 0.2) is 5.82 Å². The van der Waals surface area contributed by atoms with Crippen LogP contribution in [0.2, 0.25) is 0 Å². The molecular formula is C19H20N6. The number of rotatable bonds is 4. The first-order valence-corrected chi connectivity index (χ1v) is 8.56. The first kappa shape index (κ1) is 15.7. The summed E-state index contributed by atoms with van der Waals surface area (Å²) in [5.41, 5.74) is 2.62. The summed E-state index contributed by atoms with van der Waals surface area (Å²) >= 11 is 0. The highest BCUT2D eigenvalue weighted by Crippen LogP contribution is 2.24. The molecule has 1 fully saturated rings. The Bertz CT molecular complexity index is 758. The number of piperidine rings is 1. The second-order valence-electron chi connectivity index (χ2n) is 6.09. The van der Waals surface area contributed by atoms with E-state index >= 15 is 0 Å². The molecule has 0 spiro atoms. The van der Waals surface area contributed by atoms with Gasteiger partial charge in [0.1, 0.15) is 11.5 Å². The maximum absolute atomic E-state index is 4.70. The summed E-state index contributed by atoms with van der Waals surface area (Å²) in [6, 6.07) is 12.6. The minimum atomic E-state index is 0.425. The van der Waals surface area contributed by atoms with Crippen LogP contribution in [0.1, 0.15) is 12.8 Å². The molecule has 3 heterocycles. The standard InChI is InChI=1S/C19H20N6/c1-2-4-14(5-3-1)16-12-18(23-15-6-8-20-9-7-15)25-19(24-16)17-13-21-10-11-22-17/h1-5,10-13,15,20H,6-9H2,(H,23,24,25). The summed E-state index contributed by atoms with van der Waals surface area (Å²) in [5.74, 6) is 1.42. The topological polar surface area (TPSA) is 75.6 Å². The van der Waals surface area contributed by atoms with Crippen molar-refractivity contribution in [3.63, 3.8) is 0 Å². The molecule has 3 aromatic rings. The first-order valence-electron chi connectivity index (χ1n) is 8.56. The third-order valence-electron chi connectivity index (χ3n) is 4.28. The fourth-order valence-corrected chi connectivity index (χ4v) is 2.98. The van der Waals surface area contributed by atoms with Crippen LogP contribution >= 0.6 is 0 Å². The van der Waals surface area contributed by atoms with Gasteiger partial charge >= 0.3 is 0 Å². The number of hydrogen-bond donors (Lipinski definition) is 2. The van der Waals surface area contributed by atoms with Crippen molar-refractivity contribution in [2.75, 3.05) is 18.4 Å². The summed E-state index contributed by atoms with van der Waals surface area (Å²) in [6.45, 7) is 2.07. The molecule has 0 radical (unpaired) electrons. The van der Waals surface area contributed by atoms with Crippen molar-refractivity contribution in [1.29, 1.82) is 0 Å². The fourth-order valence-electron chi connectivity index (χ4n) is 2.98. The lowest BCUT2D eigenvalue weighted by Crippen LogP contribution is -2.35. The summed E-state index contributed by atoms with van der Waals surface area (Å²) in [4.78, 5) is 17.9. The van der Waals surface area contributed by atoms with Crippen LogP contribution in [0, 0.1) is 0 Å². The molecule has 1 saturated heterocycles. The molecule has 0 aliphatic carbocycles. The number of hydrogen-bond acceptors (Lipinski definition) is 6. The van der Waals surface area contributed by atoms with Crippen LogP contribution in [0.15, 0.2) is 55.0 Å². The highest BCUT2D eigenvalue weighted by atomic mass is 15.1. The minimum Gasteiger partial charge on any atom is -0.367 e. The molecule has 126 valence electrons. The van der Waals surface area contributed by atoms with Crippen molar-refractivity contribution < 1.29 is 0 Å². The zero-order valence-electron chi connectivity index (χ0n) is 13.9. The Morgan fingerprint density at radius 3 is 2.56 bits per heavy atom. The van der Waals surface area contributed by atoms with E-state index in [-0.39, 0.29) is 0 Å². The van der Waals surface area contributed by atoms with Gasteiger partial charge in [0, 0.05) is 30.1 Å². The molecular weight excluding hydrogens is 312 g/mol. The van der Waals surface area contributed by atoms with Crippen LogP contribution in [-0.2, 0) is 0 Å². The van der Waals surface area contributed by atoms with Crippen LogP contribution in [-0.4, -0.2) is 39.1 Å². The minimum absolute atomic E-state index is 0.425. The third kappa shape index (κ3) is 3.80. The van der Waals surface area contributed by atoms with E-state index in [0.717, 1.165) is 43.0 Å². The van der Waals surface area contributed by atoms with Crippen molar-refractivity contribution >= 4 is 5.82 Å². The van der Waals surface area contributed by atoms with Gasteiger partial charge in [-0.25, -0.2) is 15.0 Å². The summed E-state index contributed by atoms with van der Waals surface area (Å²) in [6.07, 6.45) is 7.18. The van der Waals surface area contributed by atoms with Gasteiger partial charge in [0.05, 0.1) is 11.9 Å². The Morgan fingerprint density at radius 1 is 0.960 bits per heavy atom. The second-order valence-corrected chi connectivity index (χ2v) is 6.09. The van der Waals surface area contributed by atoms with Crippen LogP contribution < -0.4 is 10.6 Å². The Hall–Kier alpha value is -2.86. The smallest absolute Gasteiger partial charge is 0.182 e. The van der Waals surface area contributed by atoms with Crippen molar-refractivity contribution in [2.45, 2.75) is 18.9 Å². The zero-order chi connectivity index (χ0) is 16.9. The average molecular weight is 332 g/mol. The highest BCUT2D eigenvalue weighted by molar-refractivity contribution is 5.66. The molecule has 1 aliphatic heterocycles. The lowest BCUT2D eigenvalue weighted by molar-refractivity contribution is 0.478. The van der Waals surface area contributed by atoms with Gasteiger partial charge in [-0.05, 0) is 25.9 Å². The predicted octanol–water partition coefficient (Wildman–Crippen LogP) is 2.76. The Labute approximate surface area is 146 Å². The van der Waals surface area contributed by atoms with Gasteiger partial charge in [-0.1, -0.05) is 30.3 Å². The fraction of sp³-hybridized carbons (Fsp3) is 0.263. The van der Waals surface area contributed by atoms with E-state index in [9.17, 15) is 0 Å². The molecule has 0 unspecified atom stereocenters. The molecule has 1 aromatic carbocycles. The van der Waals surface area contributed by atoms with Crippen molar-refractivity contribution in [2.24, 2.45) is 0 Å². The Kier molecular flexibility index (Phi) is 4.61. The molecule has 0 atom stereocenters. The van der Waals surface area contributed by atoms with Gasteiger partial charge in [-0.3, -0.25) is 4.98 Å². The number of aromatic nitrogens is 4. The molecule has 4 rings (SSSR count). The molecule has 0 amide bonds. The molecule has 6 nitrogen and oxygen atoms in total. The Morgan fingerprint density at radius 2 is 1.80 bits per heavy atom. The molecule has 0 bridgehead atoms. The lowest BCUT2D eigenvalue weighted by atomic mass is 10.1. The molecule has 0 saturated carbocycles. The number of anilines is 1. The van der Waals surface area contributed by atoms with Gasteiger partial charge in [-0.15, -0.1) is 0 Å². The molecule has 2 N–H and O–H groups in total. The second kappa shape index (κ2) is 7.36. The molecule has 6 heteroatoms. The van der Waals surface area contributed by atoms with E-state index in [0.29, 0.717) is 17.6 Å². The normalized spacial score (nSPS) is 15.0. The van der Waals surface area contributed by atoms with E-state index in [1.807, 2.05) is 24.3 Å². The van der Waals surface area contributed by atoms with Crippen molar-refractivity contribution in [3.8, 4) is 22.8 Å². The van der Waals surface area contributed by atoms with E-state index in [1.54, 1.807) is 18.6 Å². The zero-order valence-corrected chi connectivity index (χ0v) is 13.9.